The van der Waals surface area contributed by atoms with Gasteiger partial charge in [-0.1, -0.05) is 77.8 Å². The summed E-state index contributed by atoms with van der Waals surface area (Å²) in [5, 5.41) is 3.47. The Hall–Kier alpha value is -5.57. The molecule has 0 radical (unpaired) electrons. The smallest absolute Gasteiger partial charge is 0.335 e. The number of pyridine rings is 2. The van der Waals surface area contributed by atoms with E-state index < -0.39 is 46.9 Å². The molecule has 0 aliphatic carbocycles. The van der Waals surface area contributed by atoms with Crippen molar-refractivity contribution in [2.45, 2.75) is 110 Å². The molecule has 1 fully saturated rings. The van der Waals surface area contributed by atoms with Gasteiger partial charge in [0.15, 0.2) is 0 Å². The number of rotatable bonds is 17. The molecule has 0 spiro atoms. The highest BCUT2D eigenvalue weighted by Gasteiger charge is 2.41. The molecule has 1 N–H and O–H groups in total. The number of carbonyl (C=O) groups is 2. The number of aromatic nitrogens is 4. The van der Waals surface area contributed by atoms with Crippen LogP contribution in [0.5, 0.6) is 0 Å². The third-order valence-electron chi connectivity index (χ3n) is 11.0. The summed E-state index contributed by atoms with van der Waals surface area (Å²) >= 11 is 0. The molecule has 2 aromatic carbocycles. The number of anilines is 1. The zero-order valence-corrected chi connectivity index (χ0v) is 35.9. The minimum Gasteiger partial charge on any atom is -0.464 e. The molecular formula is C46H57F3N6O6. The molecule has 1 aliphatic rings. The van der Waals surface area contributed by atoms with Crippen molar-refractivity contribution in [2.24, 2.45) is 7.05 Å². The highest BCUT2D eigenvalue weighted by Crippen LogP contribution is 2.32. The lowest BCUT2D eigenvalue weighted by Crippen LogP contribution is -2.54. The van der Waals surface area contributed by atoms with Crippen molar-refractivity contribution in [3.63, 3.8) is 0 Å². The fourth-order valence-electron chi connectivity index (χ4n) is 7.75. The van der Waals surface area contributed by atoms with Gasteiger partial charge >= 0.3 is 11.7 Å². The first-order valence-electron chi connectivity index (χ1n) is 21.2. The number of ether oxygens (including phenoxy) is 2. The Bertz CT molecular complexity index is 2410. The molecule has 1 amide bonds. The summed E-state index contributed by atoms with van der Waals surface area (Å²) in [7, 11) is 1.54. The maximum Gasteiger partial charge on any atom is 0.335 e. The van der Waals surface area contributed by atoms with E-state index in [-0.39, 0.29) is 60.7 Å². The van der Waals surface area contributed by atoms with Crippen molar-refractivity contribution in [1.82, 2.24) is 24.4 Å². The molecule has 1 saturated heterocycles. The van der Waals surface area contributed by atoms with E-state index >= 15 is 4.39 Å². The van der Waals surface area contributed by atoms with Gasteiger partial charge in [-0.2, -0.15) is 0 Å². The van der Waals surface area contributed by atoms with Gasteiger partial charge in [-0.3, -0.25) is 24.1 Å². The minimum atomic E-state index is -3.14. The molecule has 0 unspecified atom stereocenters. The number of esters is 1. The van der Waals surface area contributed by atoms with Crippen LogP contribution in [0.15, 0.2) is 70.6 Å². The number of hydrogen-bond donors (Lipinski definition) is 1. The van der Waals surface area contributed by atoms with Gasteiger partial charge in [0.1, 0.15) is 17.9 Å². The van der Waals surface area contributed by atoms with Gasteiger partial charge in [0.2, 0.25) is 0 Å². The zero-order valence-electron chi connectivity index (χ0n) is 35.9. The fourth-order valence-corrected chi connectivity index (χ4v) is 7.75. The van der Waals surface area contributed by atoms with Gasteiger partial charge in [0.05, 0.1) is 53.7 Å². The van der Waals surface area contributed by atoms with Crippen molar-refractivity contribution in [1.29, 1.82) is 0 Å². The number of halogens is 3. The van der Waals surface area contributed by atoms with Crippen molar-refractivity contribution in [3.8, 4) is 5.69 Å². The molecule has 15 heteroatoms. The van der Waals surface area contributed by atoms with Gasteiger partial charge in [0.25, 0.3) is 17.4 Å². The molecule has 1 aliphatic heterocycles. The number of amides is 1. The van der Waals surface area contributed by atoms with E-state index in [2.05, 4.69) is 22.2 Å². The van der Waals surface area contributed by atoms with Crippen LogP contribution in [0.4, 0.5) is 18.9 Å². The lowest BCUT2D eigenvalue weighted by molar-refractivity contribution is -0.146. The predicted molar refractivity (Wildman–Crippen MR) is 231 cm³/mol. The molecule has 0 bridgehead atoms. The van der Waals surface area contributed by atoms with Gasteiger partial charge in [0, 0.05) is 50.4 Å². The molecule has 61 heavy (non-hydrogen) atoms. The molecule has 2 atom stereocenters. The lowest BCUT2D eigenvalue weighted by Gasteiger charge is -2.40. The Morgan fingerprint density at radius 1 is 1.00 bits per heavy atom. The summed E-state index contributed by atoms with van der Waals surface area (Å²) in [5.74, 6) is -5.70. The van der Waals surface area contributed by atoms with Gasteiger partial charge in [-0.25, -0.2) is 27.3 Å². The monoisotopic (exact) mass is 846 g/mol. The number of carbonyl (C=O) groups excluding carboxylic acids is 2. The van der Waals surface area contributed by atoms with E-state index in [1.165, 1.54) is 66.4 Å². The average Bonchev–Trinajstić information content (AvgIpc) is 3.25. The quantitative estimate of drug-likeness (QED) is 0.0730. The summed E-state index contributed by atoms with van der Waals surface area (Å²) in [4.78, 5) is 65.0. The van der Waals surface area contributed by atoms with E-state index in [0.29, 0.717) is 28.4 Å². The van der Waals surface area contributed by atoms with Crippen LogP contribution in [0.25, 0.3) is 27.5 Å². The van der Waals surface area contributed by atoms with Crippen molar-refractivity contribution < 1.29 is 32.2 Å². The number of nitrogens with one attached hydrogen (secondary N) is 1. The third-order valence-corrected chi connectivity index (χ3v) is 11.0. The second-order valence-electron chi connectivity index (χ2n) is 15.3. The van der Waals surface area contributed by atoms with Gasteiger partial charge in [-0.05, 0) is 54.8 Å². The van der Waals surface area contributed by atoms with Crippen LogP contribution < -0.4 is 21.5 Å². The second kappa shape index (κ2) is 21.3. The van der Waals surface area contributed by atoms with Crippen LogP contribution in [0, 0.1) is 12.7 Å². The maximum absolute atomic E-state index is 16.0. The second-order valence-corrected chi connectivity index (χ2v) is 15.3. The number of alkyl halides is 2. The number of nitrogens with zero attached hydrogens (tertiary/aromatic N) is 5. The average molecular weight is 847 g/mol. The molecule has 12 nitrogen and oxygen atoms in total. The van der Waals surface area contributed by atoms with Crippen molar-refractivity contribution in [3.05, 3.63) is 104 Å². The van der Waals surface area contributed by atoms with Crippen LogP contribution in [-0.2, 0) is 27.7 Å². The van der Waals surface area contributed by atoms with Crippen LogP contribution in [0.1, 0.15) is 101 Å². The van der Waals surface area contributed by atoms with Crippen LogP contribution in [0.2, 0.25) is 0 Å². The number of aryl methyl sites for hydroxylation is 2. The standard InChI is InChI=1S/C44H51F3N6O6.C2H6/c1-5-6-7-8-9-10-11-12-21-59-42(56)34(50-40(54)38-28(2)23-30(25-33(38)45)52-20-22-58-27-37(52)44(3,46)47)24-29-15-16-35(39-31(29)14-13-18-49-39)53-41(55)32-17-19-48-26-36(32)51(4)43(53)57;1-2/h13-19,23,25-26,34,37H,5-12,20-22,24,27H2,1-4H3,(H,50,54);1-2H3/t34-,37+;/m0./s1. The van der Waals surface area contributed by atoms with Gasteiger partial charge in [-0.15, -0.1) is 0 Å². The van der Waals surface area contributed by atoms with Crippen LogP contribution in [-0.4, -0.2) is 75.4 Å². The summed E-state index contributed by atoms with van der Waals surface area (Å²) in [5.41, 5.74) is 0.273. The molecule has 328 valence electrons. The highest BCUT2D eigenvalue weighted by molar-refractivity contribution is 5.99. The van der Waals surface area contributed by atoms with Crippen LogP contribution >= 0.6 is 0 Å². The first-order valence-corrected chi connectivity index (χ1v) is 21.2. The Balaban J connectivity index is 0.00000347. The van der Waals surface area contributed by atoms with E-state index in [0.717, 1.165) is 43.2 Å². The number of unbranched alkanes of at least 4 members (excludes halogenated alkanes) is 7. The topological polar surface area (TPSA) is 138 Å². The molecule has 6 rings (SSSR count). The molecule has 0 saturated carbocycles. The Kier molecular flexibility index (Phi) is 16.2. The molecule has 4 heterocycles. The molecule has 3 aromatic heterocycles. The largest absolute Gasteiger partial charge is 0.464 e. The normalized spacial score (nSPS) is 14.7. The zero-order chi connectivity index (χ0) is 44.3. The molecular weight excluding hydrogens is 790 g/mol. The lowest BCUT2D eigenvalue weighted by atomic mass is 9.98. The highest BCUT2D eigenvalue weighted by atomic mass is 19.3. The first-order chi connectivity index (χ1) is 29.3. The summed E-state index contributed by atoms with van der Waals surface area (Å²) in [6.45, 7) is 8.62. The minimum absolute atomic E-state index is 0.106. The van der Waals surface area contributed by atoms with E-state index in [9.17, 15) is 28.0 Å². The Morgan fingerprint density at radius 2 is 1.72 bits per heavy atom. The summed E-state index contributed by atoms with van der Waals surface area (Å²) in [6.07, 6.45) is 12.6. The van der Waals surface area contributed by atoms with Crippen LogP contribution in [0.3, 0.4) is 0 Å². The Morgan fingerprint density at radius 3 is 2.43 bits per heavy atom. The van der Waals surface area contributed by atoms with E-state index in [4.69, 9.17) is 9.47 Å². The van der Waals surface area contributed by atoms with Crippen molar-refractivity contribution >= 4 is 39.4 Å². The third kappa shape index (κ3) is 10.9. The summed E-state index contributed by atoms with van der Waals surface area (Å²) in [6, 6.07) is 8.05. The first kappa shape index (κ1) is 46.5. The van der Waals surface area contributed by atoms with E-state index in [1.54, 1.807) is 31.3 Å². The number of benzene rings is 2. The van der Waals surface area contributed by atoms with E-state index in [1.807, 2.05) is 13.8 Å². The van der Waals surface area contributed by atoms with Gasteiger partial charge < -0.3 is 19.7 Å². The number of morpholine rings is 1. The summed E-state index contributed by atoms with van der Waals surface area (Å²) < 4.78 is 58.3. The SMILES string of the molecule is CC.CCCCCCCCCCOC(=O)[C@H](Cc1ccc(-n2c(=O)c3ccncc3n(C)c2=O)c2ncccc12)NC(=O)c1c(C)cc(N2CCOC[C@@H]2C(C)(F)F)cc1F. The molecule has 5 aromatic rings. The maximum atomic E-state index is 16.0. The Labute approximate surface area is 354 Å². The number of hydrogen-bond acceptors (Lipinski definition) is 9. The number of fused-ring (bicyclic) bond motifs is 2. The fraction of sp³-hybridized carbons (Fsp3) is 0.478. The van der Waals surface area contributed by atoms with Crippen molar-refractivity contribution in [2.75, 3.05) is 31.3 Å². The predicted octanol–water partition coefficient (Wildman–Crippen LogP) is 7.99.